The summed E-state index contributed by atoms with van der Waals surface area (Å²) in [6.45, 7) is 0.740. The van der Waals surface area contributed by atoms with Gasteiger partial charge in [-0.3, -0.25) is 4.79 Å². The molecule has 2 aromatic rings. The molecule has 0 fully saturated rings. The molecule has 0 aliphatic heterocycles. The van der Waals surface area contributed by atoms with Crippen LogP contribution in [0.1, 0.15) is 5.56 Å². The third kappa shape index (κ3) is 6.39. The summed E-state index contributed by atoms with van der Waals surface area (Å²) in [7, 11) is 3.16. The van der Waals surface area contributed by atoms with Crippen molar-refractivity contribution in [1.82, 2.24) is 5.32 Å². The molecular weight excluding hydrogens is 342 g/mol. The number of halogens is 1. The van der Waals surface area contributed by atoms with Gasteiger partial charge < -0.3 is 19.5 Å². The van der Waals surface area contributed by atoms with Gasteiger partial charge in [-0.2, -0.15) is 0 Å². The van der Waals surface area contributed by atoms with Crippen LogP contribution < -0.4 is 19.5 Å². The average molecular weight is 362 g/mol. The van der Waals surface area contributed by atoms with E-state index in [2.05, 4.69) is 5.32 Å². The van der Waals surface area contributed by atoms with E-state index < -0.39 is 0 Å². The van der Waals surface area contributed by atoms with E-state index >= 15 is 0 Å². The standard InChI is InChI=1S/C19H20ClNO4/c1-23-17-10-14(11-18(13-17)24-2)6-7-19(22)21-8-9-25-16-5-3-4-15(20)12-16/h3-7,10-13H,8-9H2,1-2H3,(H,21,22). The molecule has 5 nitrogen and oxygen atoms in total. The van der Waals surface area contributed by atoms with Crippen LogP contribution in [0.3, 0.4) is 0 Å². The van der Waals surface area contributed by atoms with Gasteiger partial charge in [-0.15, -0.1) is 0 Å². The Bertz CT molecular complexity index is 724. The summed E-state index contributed by atoms with van der Waals surface area (Å²) in [6.07, 6.45) is 3.14. The Morgan fingerprint density at radius 2 is 1.80 bits per heavy atom. The lowest BCUT2D eigenvalue weighted by Crippen LogP contribution is -2.26. The van der Waals surface area contributed by atoms with Crippen molar-refractivity contribution in [2.45, 2.75) is 0 Å². The fourth-order valence-electron chi connectivity index (χ4n) is 2.06. The fraction of sp³-hybridized carbons (Fsp3) is 0.211. The van der Waals surface area contributed by atoms with Crippen LogP contribution in [-0.4, -0.2) is 33.3 Å². The number of hydrogen-bond donors (Lipinski definition) is 1. The van der Waals surface area contributed by atoms with Crippen molar-refractivity contribution in [3.8, 4) is 17.2 Å². The first-order valence-electron chi connectivity index (χ1n) is 7.68. The van der Waals surface area contributed by atoms with Gasteiger partial charge in [-0.1, -0.05) is 17.7 Å². The molecule has 0 unspecified atom stereocenters. The molecule has 0 saturated heterocycles. The first-order chi connectivity index (χ1) is 12.1. The second-order valence-electron chi connectivity index (χ2n) is 5.08. The molecular formula is C19H20ClNO4. The predicted molar refractivity (Wildman–Crippen MR) is 98.5 cm³/mol. The summed E-state index contributed by atoms with van der Waals surface area (Å²) in [5.41, 5.74) is 0.807. The summed E-state index contributed by atoms with van der Waals surface area (Å²) >= 11 is 5.87. The van der Waals surface area contributed by atoms with Crippen molar-refractivity contribution in [2.24, 2.45) is 0 Å². The van der Waals surface area contributed by atoms with Crippen molar-refractivity contribution in [3.63, 3.8) is 0 Å². The number of carbonyl (C=O) groups excluding carboxylic acids is 1. The topological polar surface area (TPSA) is 56.8 Å². The largest absolute Gasteiger partial charge is 0.497 e. The Labute approximate surface area is 152 Å². The molecule has 0 saturated carbocycles. The van der Waals surface area contributed by atoms with Crippen LogP contribution in [0.25, 0.3) is 6.08 Å². The molecule has 1 N–H and O–H groups in total. The molecule has 0 heterocycles. The molecule has 6 heteroatoms. The highest BCUT2D eigenvalue weighted by molar-refractivity contribution is 6.30. The minimum atomic E-state index is -0.212. The smallest absolute Gasteiger partial charge is 0.244 e. The Balaban J connectivity index is 1.80. The van der Waals surface area contributed by atoms with E-state index in [0.717, 1.165) is 5.56 Å². The van der Waals surface area contributed by atoms with Crippen molar-refractivity contribution in [3.05, 3.63) is 59.1 Å². The molecule has 1 amide bonds. The van der Waals surface area contributed by atoms with Crippen LogP contribution in [0.4, 0.5) is 0 Å². The Morgan fingerprint density at radius 1 is 1.08 bits per heavy atom. The molecule has 0 aromatic heterocycles. The lowest BCUT2D eigenvalue weighted by molar-refractivity contribution is -0.116. The molecule has 0 aliphatic rings. The number of ether oxygens (including phenoxy) is 3. The fourth-order valence-corrected chi connectivity index (χ4v) is 2.24. The van der Waals surface area contributed by atoms with E-state index in [1.165, 1.54) is 6.08 Å². The zero-order valence-electron chi connectivity index (χ0n) is 14.1. The van der Waals surface area contributed by atoms with Gasteiger partial charge in [0.15, 0.2) is 0 Å². The molecule has 0 atom stereocenters. The monoisotopic (exact) mass is 361 g/mol. The van der Waals surface area contributed by atoms with E-state index in [4.69, 9.17) is 25.8 Å². The molecule has 0 spiro atoms. The maximum atomic E-state index is 11.9. The minimum absolute atomic E-state index is 0.212. The summed E-state index contributed by atoms with van der Waals surface area (Å²) in [4.78, 5) is 11.9. The molecule has 25 heavy (non-hydrogen) atoms. The molecule has 2 rings (SSSR count). The number of methoxy groups -OCH3 is 2. The second kappa shape index (κ2) is 9.59. The first-order valence-corrected chi connectivity index (χ1v) is 8.06. The number of carbonyl (C=O) groups is 1. The lowest BCUT2D eigenvalue weighted by Gasteiger charge is -2.07. The van der Waals surface area contributed by atoms with Crippen LogP contribution in [0.2, 0.25) is 5.02 Å². The van der Waals surface area contributed by atoms with E-state index in [1.807, 2.05) is 18.2 Å². The maximum Gasteiger partial charge on any atom is 0.244 e. The predicted octanol–water partition coefficient (Wildman–Crippen LogP) is 3.57. The second-order valence-corrected chi connectivity index (χ2v) is 5.51. The van der Waals surface area contributed by atoms with Crippen molar-refractivity contribution >= 4 is 23.6 Å². The Morgan fingerprint density at radius 3 is 2.44 bits per heavy atom. The summed E-state index contributed by atoms with van der Waals surface area (Å²) in [5, 5.41) is 3.36. The number of rotatable bonds is 8. The van der Waals surface area contributed by atoms with Gasteiger partial charge in [0, 0.05) is 17.2 Å². The number of benzene rings is 2. The highest BCUT2D eigenvalue weighted by Gasteiger charge is 2.01. The van der Waals surface area contributed by atoms with Gasteiger partial charge in [0.2, 0.25) is 5.91 Å². The van der Waals surface area contributed by atoms with Gasteiger partial charge in [0.1, 0.15) is 23.9 Å². The first kappa shape index (κ1) is 18.7. The normalized spacial score (nSPS) is 10.5. The molecule has 0 radical (unpaired) electrons. The van der Waals surface area contributed by atoms with Crippen LogP contribution in [0.15, 0.2) is 48.5 Å². The highest BCUT2D eigenvalue weighted by atomic mass is 35.5. The van der Waals surface area contributed by atoms with E-state index in [9.17, 15) is 4.79 Å². The number of hydrogen-bond acceptors (Lipinski definition) is 4. The van der Waals surface area contributed by atoms with Gasteiger partial charge in [-0.25, -0.2) is 0 Å². The van der Waals surface area contributed by atoms with Gasteiger partial charge in [0.25, 0.3) is 0 Å². The van der Waals surface area contributed by atoms with Gasteiger partial charge in [-0.05, 0) is 42.0 Å². The summed E-state index contributed by atoms with van der Waals surface area (Å²) < 4.78 is 15.9. The summed E-state index contributed by atoms with van der Waals surface area (Å²) in [5.74, 6) is 1.78. The zero-order valence-corrected chi connectivity index (χ0v) is 14.9. The SMILES string of the molecule is COc1cc(C=CC(=O)NCCOc2cccc(Cl)c2)cc(OC)c1. The summed E-state index contributed by atoms with van der Waals surface area (Å²) in [6, 6.07) is 12.5. The quantitative estimate of drug-likeness (QED) is 0.577. The molecule has 2 aromatic carbocycles. The third-order valence-electron chi connectivity index (χ3n) is 3.27. The Kier molecular flexibility index (Phi) is 7.16. The molecule has 132 valence electrons. The minimum Gasteiger partial charge on any atom is -0.497 e. The number of nitrogens with one attached hydrogen (secondary N) is 1. The van der Waals surface area contributed by atoms with Gasteiger partial charge in [0.05, 0.1) is 20.8 Å². The van der Waals surface area contributed by atoms with Crippen molar-refractivity contribution < 1.29 is 19.0 Å². The highest BCUT2D eigenvalue weighted by Crippen LogP contribution is 2.23. The third-order valence-corrected chi connectivity index (χ3v) is 3.50. The van der Waals surface area contributed by atoms with E-state index in [-0.39, 0.29) is 5.91 Å². The molecule has 0 bridgehead atoms. The average Bonchev–Trinajstić information content (AvgIpc) is 2.63. The zero-order chi connectivity index (χ0) is 18.1. The van der Waals surface area contributed by atoms with Crippen LogP contribution >= 0.6 is 11.6 Å². The number of amides is 1. The van der Waals surface area contributed by atoms with E-state index in [0.29, 0.717) is 35.4 Å². The maximum absolute atomic E-state index is 11.9. The Hall–Kier alpha value is -2.66. The van der Waals surface area contributed by atoms with Crippen LogP contribution in [-0.2, 0) is 4.79 Å². The molecule has 0 aliphatic carbocycles. The van der Waals surface area contributed by atoms with Crippen LogP contribution in [0.5, 0.6) is 17.2 Å². The van der Waals surface area contributed by atoms with Crippen molar-refractivity contribution in [2.75, 3.05) is 27.4 Å². The van der Waals surface area contributed by atoms with Crippen LogP contribution in [0, 0.1) is 0 Å². The van der Waals surface area contributed by atoms with E-state index in [1.54, 1.807) is 44.6 Å². The van der Waals surface area contributed by atoms with Crippen molar-refractivity contribution in [1.29, 1.82) is 0 Å². The van der Waals surface area contributed by atoms with Gasteiger partial charge >= 0.3 is 0 Å². The lowest BCUT2D eigenvalue weighted by atomic mass is 10.2.